The lowest BCUT2D eigenvalue weighted by Gasteiger charge is -2.61. The molecule has 4 aliphatic carbocycles. The zero-order valence-electron chi connectivity index (χ0n) is 20.0. The van der Waals surface area contributed by atoms with E-state index in [0.717, 1.165) is 36.0 Å². The molecule has 0 bridgehead atoms. The standard InChI is InChI=1S/C27H44Br2O/c1-17(2)7-6-8-18(3)21-11-12-22-20-10-9-19-13-16-27(28,29)24(30)26(19,5)23(20)14-15-25(21,22)4/h17-23H,6-16H2,1-5H3/t18-,19+,20+,21-,22-,23-,25+,26-/m0/s1. The van der Waals surface area contributed by atoms with Gasteiger partial charge in [0.05, 0.1) is 0 Å². The van der Waals surface area contributed by atoms with Gasteiger partial charge in [0.1, 0.15) is 3.23 Å². The lowest BCUT2D eigenvalue weighted by molar-refractivity contribution is -0.156. The summed E-state index contributed by atoms with van der Waals surface area (Å²) in [4.78, 5) is 13.7. The third-order valence-electron chi connectivity index (χ3n) is 10.7. The molecule has 4 aliphatic rings. The van der Waals surface area contributed by atoms with Gasteiger partial charge >= 0.3 is 0 Å². The van der Waals surface area contributed by atoms with Crippen molar-refractivity contribution >= 4 is 37.6 Å². The van der Waals surface area contributed by atoms with Crippen molar-refractivity contribution in [2.24, 2.45) is 52.3 Å². The highest BCUT2D eigenvalue weighted by atomic mass is 79.9. The number of alkyl halides is 2. The van der Waals surface area contributed by atoms with Crippen molar-refractivity contribution in [3.63, 3.8) is 0 Å². The molecule has 0 heterocycles. The van der Waals surface area contributed by atoms with E-state index in [0.29, 0.717) is 23.0 Å². The maximum absolute atomic E-state index is 13.7. The molecule has 0 aromatic heterocycles. The molecule has 0 unspecified atom stereocenters. The van der Waals surface area contributed by atoms with Crippen LogP contribution in [0.25, 0.3) is 0 Å². The molecule has 30 heavy (non-hydrogen) atoms. The van der Waals surface area contributed by atoms with E-state index < -0.39 is 3.23 Å². The first-order valence-electron chi connectivity index (χ1n) is 12.9. The summed E-state index contributed by atoms with van der Waals surface area (Å²) in [6.07, 6.45) is 14.5. The average Bonchev–Trinajstić information content (AvgIpc) is 3.03. The number of halogens is 2. The minimum atomic E-state index is -0.475. The second-order valence-electron chi connectivity index (χ2n) is 12.5. The molecule has 0 saturated heterocycles. The van der Waals surface area contributed by atoms with Crippen LogP contribution in [-0.4, -0.2) is 9.02 Å². The van der Waals surface area contributed by atoms with E-state index in [9.17, 15) is 4.79 Å². The summed E-state index contributed by atoms with van der Waals surface area (Å²) in [6, 6.07) is 0. The fourth-order valence-corrected chi connectivity index (χ4v) is 10.4. The molecule has 4 rings (SSSR count). The fraction of sp³-hybridized carbons (Fsp3) is 0.963. The van der Waals surface area contributed by atoms with Gasteiger partial charge in [0.2, 0.25) is 0 Å². The Hall–Kier alpha value is 0.630. The average molecular weight is 544 g/mol. The van der Waals surface area contributed by atoms with Gasteiger partial charge in [0.15, 0.2) is 5.78 Å². The number of rotatable bonds is 5. The van der Waals surface area contributed by atoms with Crippen LogP contribution in [0.4, 0.5) is 0 Å². The number of Topliss-reactive ketones (excluding diaryl/α,β-unsaturated/α-hetero) is 1. The molecular weight excluding hydrogens is 500 g/mol. The van der Waals surface area contributed by atoms with E-state index in [1.54, 1.807) is 0 Å². The summed E-state index contributed by atoms with van der Waals surface area (Å²) in [5, 5.41) is 0. The molecular formula is C27H44Br2O. The van der Waals surface area contributed by atoms with Gasteiger partial charge in [0, 0.05) is 5.41 Å². The van der Waals surface area contributed by atoms with Gasteiger partial charge in [-0.3, -0.25) is 4.79 Å². The topological polar surface area (TPSA) is 17.1 Å². The Kier molecular flexibility index (Phi) is 6.69. The van der Waals surface area contributed by atoms with E-state index in [1.165, 1.54) is 64.2 Å². The molecule has 0 spiro atoms. The van der Waals surface area contributed by atoms with Gasteiger partial charge in [-0.1, -0.05) is 85.7 Å². The van der Waals surface area contributed by atoms with Gasteiger partial charge < -0.3 is 0 Å². The molecule has 172 valence electrons. The van der Waals surface area contributed by atoms with Crippen LogP contribution < -0.4 is 0 Å². The van der Waals surface area contributed by atoms with Crippen LogP contribution in [0, 0.1) is 52.3 Å². The number of hydrogen-bond donors (Lipinski definition) is 0. The summed E-state index contributed by atoms with van der Waals surface area (Å²) in [7, 11) is 0. The molecule has 4 fully saturated rings. The number of fused-ring (bicyclic) bond motifs is 5. The van der Waals surface area contributed by atoms with Crippen molar-refractivity contribution in [1.82, 2.24) is 0 Å². The van der Waals surface area contributed by atoms with E-state index in [-0.39, 0.29) is 5.41 Å². The molecule has 4 saturated carbocycles. The van der Waals surface area contributed by atoms with Crippen LogP contribution in [0.5, 0.6) is 0 Å². The highest BCUT2D eigenvalue weighted by molar-refractivity contribution is 9.25. The molecule has 0 radical (unpaired) electrons. The zero-order chi connectivity index (χ0) is 21.9. The summed E-state index contributed by atoms with van der Waals surface area (Å²) in [5.41, 5.74) is 0.385. The number of ketones is 1. The maximum atomic E-state index is 13.7. The van der Waals surface area contributed by atoms with Crippen LogP contribution in [0.3, 0.4) is 0 Å². The van der Waals surface area contributed by atoms with Crippen molar-refractivity contribution in [3.05, 3.63) is 0 Å². The van der Waals surface area contributed by atoms with Crippen LogP contribution in [0.15, 0.2) is 0 Å². The fourth-order valence-electron chi connectivity index (χ4n) is 9.12. The first-order chi connectivity index (χ1) is 14.0. The third kappa shape index (κ3) is 3.72. The highest BCUT2D eigenvalue weighted by Crippen LogP contribution is 2.69. The molecule has 1 nitrogen and oxygen atoms in total. The Morgan fingerprint density at radius 2 is 1.63 bits per heavy atom. The van der Waals surface area contributed by atoms with Crippen LogP contribution in [0.1, 0.15) is 105 Å². The van der Waals surface area contributed by atoms with Crippen molar-refractivity contribution in [3.8, 4) is 0 Å². The number of hydrogen-bond acceptors (Lipinski definition) is 1. The van der Waals surface area contributed by atoms with Crippen LogP contribution in [0.2, 0.25) is 0 Å². The Morgan fingerprint density at radius 1 is 0.900 bits per heavy atom. The summed E-state index contributed by atoms with van der Waals surface area (Å²) >= 11 is 7.54. The Balaban J connectivity index is 1.52. The third-order valence-corrected chi connectivity index (χ3v) is 12.2. The number of carbonyl (C=O) groups excluding carboxylic acids is 1. The first kappa shape index (κ1) is 23.8. The van der Waals surface area contributed by atoms with Crippen molar-refractivity contribution in [2.75, 3.05) is 0 Å². The van der Waals surface area contributed by atoms with E-state index >= 15 is 0 Å². The predicted molar refractivity (Wildman–Crippen MR) is 134 cm³/mol. The van der Waals surface area contributed by atoms with Gasteiger partial charge in [-0.05, 0) is 98.2 Å². The zero-order valence-corrected chi connectivity index (χ0v) is 23.2. The molecule has 0 aromatic carbocycles. The lowest BCUT2D eigenvalue weighted by Crippen LogP contribution is -2.60. The van der Waals surface area contributed by atoms with Crippen molar-refractivity contribution < 1.29 is 4.79 Å². The summed E-state index contributed by atoms with van der Waals surface area (Å²) < 4.78 is -0.475. The second-order valence-corrected chi connectivity index (χ2v) is 16.3. The summed E-state index contributed by atoms with van der Waals surface area (Å²) in [6.45, 7) is 12.3. The normalized spacial score (nSPS) is 46.3. The van der Waals surface area contributed by atoms with E-state index in [2.05, 4.69) is 66.5 Å². The smallest absolute Gasteiger partial charge is 0.166 e. The predicted octanol–water partition coefficient (Wildman–Crippen LogP) is 8.77. The summed E-state index contributed by atoms with van der Waals surface area (Å²) in [5.74, 6) is 5.88. The van der Waals surface area contributed by atoms with Gasteiger partial charge in [0.25, 0.3) is 0 Å². The van der Waals surface area contributed by atoms with Gasteiger partial charge in [-0.2, -0.15) is 0 Å². The minimum Gasteiger partial charge on any atom is -0.297 e. The Labute approximate surface area is 202 Å². The molecule has 0 aliphatic heterocycles. The molecule has 0 N–H and O–H groups in total. The minimum absolute atomic E-state index is 0.129. The lowest BCUT2D eigenvalue weighted by atomic mass is 9.44. The van der Waals surface area contributed by atoms with Crippen molar-refractivity contribution in [1.29, 1.82) is 0 Å². The molecule has 0 amide bonds. The highest BCUT2D eigenvalue weighted by Gasteiger charge is 2.64. The monoisotopic (exact) mass is 542 g/mol. The maximum Gasteiger partial charge on any atom is 0.166 e. The second kappa shape index (κ2) is 8.44. The van der Waals surface area contributed by atoms with Crippen LogP contribution >= 0.6 is 31.9 Å². The first-order valence-corrected chi connectivity index (χ1v) is 14.5. The number of carbonyl (C=O) groups is 1. The largest absolute Gasteiger partial charge is 0.297 e. The van der Waals surface area contributed by atoms with Crippen LogP contribution in [-0.2, 0) is 4.79 Å². The molecule has 0 aromatic rings. The van der Waals surface area contributed by atoms with Gasteiger partial charge in [-0.25, -0.2) is 0 Å². The van der Waals surface area contributed by atoms with Crippen molar-refractivity contribution in [2.45, 2.75) is 108 Å². The molecule has 3 heteroatoms. The van der Waals surface area contributed by atoms with Gasteiger partial charge in [-0.15, -0.1) is 0 Å². The quantitative estimate of drug-likeness (QED) is 0.316. The Bertz CT molecular complexity index is 657. The Morgan fingerprint density at radius 3 is 2.33 bits per heavy atom. The molecule has 8 atom stereocenters. The van der Waals surface area contributed by atoms with E-state index in [4.69, 9.17) is 0 Å². The SMILES string of the molecule is CC(C)CCC[C@H](C)[C@@H]1CC[C@H]2[C@H]3CC[C@@H]4CCC(Br)(Br)C(=O)[C@]4(C)[C@H]3CC[C@@]21C. The van der Waals surface area contributed by atoms with E-state index in [1.807, 2.05) is 0 Å².